The zero-order chi connectivity index (χ0) is 16.9. The van der Waals surface area contributed by atoms with Crippen LogP contribution < -0.4 is 14.8 Å². The summed E-state index contributed by atoms with van der Waals surface area (Å²) in [4.78, 5) is 17.8. The van der Waals surface area contributed by atoms with E-state index in [9.17, 15) is 4.79 Å². The quantitative estimate of drug-likeness (QED) is 0.720. The minimum atomic E-state index is -0.145. The van der Waals surface area contributed by atoms with E-state index in [1.165, 1.54) is 11.3 Å². The molecule has 0 unspecified atom stereocenters. The Labute approximate surface area is 147 Å². The monoisotopic (exact) mass is 360 g/mol. The molecule has 0 aliphatic heterocycles. The van der Waals surface area contributed by atoms with Crippen molar-refractivity contribution in [3.05, 3.63) is 46.7 Å². The summed E-state index contributed by atoms with van der Waals surface area (Å²) in [5.74, 6) is 1.20. The average molecular weight is 360 g/mol. The largest absolute Gasteiger partial charge is 0.497 e. The predicted molar refractivity (Wildman–Crippen MR) is 97.3 cm³/mol. The SMILES string of the molecule is COc1ccc(OC)c(CC(=O)Nc2nc(-c3cccs3)cs2)c1. The number of thiazole rings is 1. The third-order valence-corrected chi connectivity index (χ3v) is 5.01. The Morgan fingerprint density at radius 3 is 2.79 bits per heavy atom. The number of ether oxygens (including phenoxy) is 2. The van der Waals surface area contributed by atoms with Crippen molar-refractivity contribution in [3.8, 4) is 22.1 Å². The molecule has 124 valence electrons. The van der Waals surface area contributed by atoms with E-state index >= 15 is 0 Å². The molecule has 0 fully saturated rings. The fourth-order valence-electron chi connectivity index (χ4n) is 2.23. The van der Waals surface area contributed by atoms with Crippen LogP contribution in [0.15, 0.2) is 41.1 Å². The Morgan fingerprint density at radius 2 is 2.08 bits per heavy atom. The third-order valence-electron chi connectivity index (χ3n) is 3.36. The van der Waals surface area contributed by atoms with Gasteiger partial charge in [0.1, 0.15) is 11.5 Å². The first-order valence-electron chi connectivity index (χ1n) is 7.19. The van der Waals surface area contributed by atoms with Gasteiger partial charge < -0.3 is 14.8 Å². The van der Waals surface area contributed by atoms with Gasteiger partial charge in [-0.1, -0.05) is 6.07 Å². The Kier molecular flexibility index (Phi) is 5.12. The highest BCUT2D eigenvalue weighted by molar-refractivity contribution is 7.16. The molecule has 0 radical (unpaired) electrons. The zero-order valence-electron chi connectivity index (χ0n) is 13.2. The number of hydrogen-bond donors (Lipinski definition) is 1. The molecule has 5 nitrogen and oxygen atoms in total. The number of carbonyl (C=O) groups is 1. The van der Waals surface area contributed by atoms with Crippen LogP contribution in [0.25, 0.3) is 10.6 Å². The maximum atomic E-state index is 12.3. The summed E-state index contributed by atoms with van der Waals surface area (Å²) >= 11 is 3.03. The van der Waals surface area contributed by atoms with Gasteiger partial charge in [0, 0.05) is 10.9 Å². The van der Waals surface area contributed by atoms with E-state index in [1.54, 1.807) is 43.8 Å². The molecule has 0 spiro atoms. The second kappa shape index (κ2) is 7.46. The van der Waals surface area contributed by atoms with Crippen LogP contribution in [0.5, 0.6) is 11.5 Å². The lowest BCUT2D eigenvalue weighted by Gasteiger charge is -2.10. The van der Waals surface area contributed by atoms with Crippen LogP contribution in [0.1, 0.15) is 5.56 Å². The van der Waals surface area contributed by atoms with Gasteiger partial charge in [0.15, 0.2) is 5.13 Å². The number of carbonyl (C=O) groups excluding carboxylic acids is 1. The average Bonchev–Trinajstić information content (AvgIpc) is 3.25. The van der Waals surface area contributed by atoms with Crippen LogP contribution in [-0.2, 0) is 11.2 Å². The fourth-order valence-corrected chi connectivity index (χ4v) is 3.71. The molecule has 7 heteroatoms. The molecule has 2 aromatic heterocycles. The van der Waals surface area contributed by atoms with Gasteiger partial charge in [-0.3, -0.25) is 4.79 Å². The zero-order valence-corrected chi connectivity index (χ0v) is 14.9. The molecule has 1 N–H and O–H groups in total. The number of methoxy groups -OCH3 is 2. The number of nitrogens with zero attached hydrogens (tertiary/aromatic N) is 1. The van der Waals surface area contributed by atoms with Crippen molar-refractivity contribution >= 4 is 33.7 Å². The normalized spacial score (nSPS) is 10.4. The highest BCUT2D eigenvalue weighted by Crippen LogP contribution is 2.29. The van der Waals surface area contributed by atoms with Gasteiger partial charge in [0.2, 0.25) is 5.91 Å². The maximum Gasteiger partial charge on any atom is 0.230 e. The van der Waals surface area contributed by atoms with Crippen molar-refractivity contribution in [3.63, 3.8) is 0 Å². The molecule has 3 rings (SSSR count). The second-order valence-electron chi connectivity index (χ2n) is 4.92. The summed E-state index contributed by atoms with van der Waals surface area (Å²) in [6.07, 6.45) is 0.189. The molecule has 24 heavy (non-hydrogen) atoms. The Hall–Kier alpha value is -2.38. The highest BCUT2D eigenvalue weighted by atomic mass is 32.1. The van der Waals surface area contributed by atoms with Gasteiger partial charge in [-0.2, -0.15) is 0 Å². The third kappa shape index (κ3) is 3.74. The number of aromatic nitrogens is 1. The van der Waals surface area contributed by atoms with Gasteiger partial charge >= 0.3 is 0 Å². The van der Waals surface area contributed by atoms with Crippen molar-refractivity contribution in [1.29, 1.82) is 0 Å². The van der Waals surface area contributed by atoms with Gasteiger partial charge in [0.05, 0.1) is 31.2 Å². The number of nitrogens with one attached hydrogen (secondary N) is 1. The van der Waals surface area contributed by atoms with Crippen LogP contribution in [0.2, 0.25) is 0 Å². The lowest BCUT2D eigenvalue weighted by Crippen LogP contribution is -2.14. The molecular weight excluding hydrogens is 344 g/mol. The summed E-state index contributed by atoms with van der Waals surface area (Å²) in [5, 5.41) is 7.37. The summed E-state index contributed by atoms with van der Waals surface area (Å²) in [5.41, 5.74) is 1.65. The Balaban J connectivity index is 1.70. The van der Waals surface area contributed by atoms with Gasteiger partial charge in [-0.05, 0) is 29.6 Å². The number of rotatable bonds is 6. The smallest absolute Gasteiger partial charge is 0.230 e. The van der Waals surface area contributed by atoms with Crippen molar-refractivity contribution in [1.82, 2.24) is 4.98 Å². The Bertz CT molecular complexity index is 828. The van der Waals surface area contributed by atoms with Crippen LogP contribution in [0.4, 0.5) is 5.13 Å². The minimum absolute atomic E-state index is 0.145. The summed E-state index contributed by atoms with van der Waals surface area (Å²) in [6.45, 7) is 0. The summed E-state index contributed by atoms with van der Waals surface area (Å²) in [6, 6.07) is 9.38. The molecule has 3 aromatic rings. The molecule has 0 saturated carbocycles. The topological polar surface area (TPSA) is 60.5 Å². The number of benzene rings is 1. The van der Waals surface area contributed by atoms with Gasteiger partial charge in [-0.25, -0.2) is 4.98 Å². The van der Waals surface area contributed by atoms with Gasteiger partial charge in [0.25, 0.3) is 0 Å². The van der Waals surface area contributed by atoms with Crippen molar-refractivity contribution < 1.29 is 14.3 Å². The lowest BCUT2D eigenvalue weighted by atomic mass is 10.1. The molecule has 2 heterocycles. The van der Waals surface area contributed by atoms with E-state index in [0.717, 1.165) is 16.1 Å². The van der Waals surface area contributed by atoms with Crippen molar-refractivity contribution in [2.45, 2.75) is 6.42 Å². The van der Waals surface area contributed by atoms with Crippen LogP contribution in [-0.4, -0.2) is 25.1 Å². The molecule has 0 aliphatic rings. The first-order chi connectivity index (χ1) is 11.7. The first kappa shape index (κ1) is 16.5. The number of hydrogen-bond acceptors (Lipinski definition) is 6. The van der Waals surface area contributed by atoms with E-state index in [0.29, 0.717) is 16.6 Å². The predicted octanol–water partition coefficient (Wildman–Crippen LogP) is 4.07. The molecular formula is C17H16N2O3S2. The number of thiophene rings is 1. The molecule has 0 saturated heterocycles. The molecule has 0 atom stereocenters. The lowest BCUT2D eigenvalue weighted by molar-refractivity contribution is -0.115. The second-order valence-corrected chi connectivity index (χ2v) is 6.72. The van der Waals surface area contributed by atoms with E-state index in [-0.39, 0.29) is 12.3 Å². The van der Waals surface area contributed by atoms with Gasteiger partial charge in [-0.15, -0.1) is 22.7 Å². The molecule has 1 aromatic carbocycles. The van der Waals surface area contributed by atoms with Crippen LogP contribution >= 0.6 is 22.7 Å². The van der Waals surface area contributed by atoms with E-state index in [2.05, 4.69) is 10.3 Å². The standard InChI is InChI=1S/C17H16N2O3S2/c1-21-12-5-6-14(22-2)11(8-12)9-16(20)19-17-18-13(10-24-17)15-4-3-7-23-15/h3-8,10H,9H2,1-2H3,(H,18,19,20). The van der Waals surface area contributed by atoms with Crippen molar-refractivity contribution in [2.24, 2.45) is 0 Å². The molecule has 0 bridgehead atoms. The fraction of sp³-hybridized carbons (Fsp3) is 0.176. The van der Waals surface area contributed by atoms with E-state index in [4.69, 9.17) is 9.47 Å². The van der Waals surface area contributed by atoms with Crippen LogP contribution in [0.3, 0.4) is 0 Å². The first-order valence-corrected chi connectivity index (χ1v) is 8.95. The highest BCUT2D eigenvalue weighted by Gasteiger charge is 2.13. The molecule has 1 amide bonds. The number of amides is 1. The van der Waals surface area contributed by atoms with E-state index < -0.39 is 0 Å². The molecule has 0 aliphatic carbocycles. The van der Waals surface area contributed by atoms with E-state index in [1.807, 2.05) is 22.9 Å². The van der Waals surface area contributed by atoms with Crippen LogP contribution in [0, 0.1) is 0 Å². The number of anilines is 1. The van der Waals surface area contributed by atoms with Crippen molar-refractivity contribution in [2.75, 3.05) is 19.5 Å². The Morgan fingerprint density at radius 1 is 1.21 bits per heavy atom. The summed E-state index contributed by atoms with van der Waals surface area (Å²) in [7, 11) is 3.17. The minimum Gasteiger partial charge on any atom is -0.497 e. The summed E-state index contributed by atoms with van der Waals surface area (Å²) < 4.78 is 10.5. The maximum absolute atomic E-state index is 12.3.